The van der Waals surface area contributed by atoms with E-state index in [1.165, 1.54) is 10.8 Å². The first-order chi connectivity index (χ1) is 12.7. The molecule has 0 aromatic heterocycles. The molecule has 0 aliphatic heterocycles. The van der Waals surface area contributed by atoms with Crippen LogP contribution in [0, 0.1) is 0 Å². The molecule has 4 heteroatoms. The van der Waals surface area contributed by atoms with Crippen LogP contribution in [-0.4, -0.2) is 17.4 Å². The highest BCUT2D eigenvalue weighted by Crippen LogP contribution is 2.21. The first kappa shape index (κ1) is 15.8. The second-order valence-corrected chi connectivity index (χ2v) is 6.10. The number of hydrogen-bond donors (Lipinski definition) is 2. The van der Waals surface area contributed by atoms with Crippen molar-refractivity contribution in [3.8, 4) is 0 Å². The lowest BCUT2D eigenvalue weighted by Crippen LogP contribution is -2.36. The molecule has 0 fully saturated rings. The van der Waals surface area contributed by atoms with Crippen molar-refractivity contribution in [3.05, 3.63) is 84.9 Å². The topological polar surface area (TPSA) is 53.4 Å². The Morgan fingerprint density at radius 1 is 0.769 bits per heavy atom. The van der Waals surface area contributed by atoms with Gasteiger partial charge in [0.1, 0.15) is 0 Å². The van der Waals surface area contributed by atoms with E-state index >= 15 is 0 Å². The van der Waals surface area contributed by atoms with Gasteiger partial charge in [-0.2, -0.15) is 0 Å². The number of nitrogens with one attached hydrogen (secondary N) is 1. The molecule has 26 heavy (non-hydrogen) atoms. The molecule has 4 rings (SSSR count). The third kappa shape index (κ3) is 3.26. The number of hydrogen-bond acceptors (Lipinski definition) is 1. The number of benzene rings is 4. The molecule has 0 spiro atoms. The predicted octanol–water partition coefficient (Wildman–Crippen LogP) is 4.49. The molecule has 4 aromatic rings. The van der Waals surface area contributed by atoms with Crippen LogP contribution in [0.3, 0.4) is 0 Å². The lowest BCUT2D eigenvalue weighted by molar-refractivity contribution is -0.478. The van der Waals surface area contributed by atoms with Gasteiger partial charge in [0.05, 0.1) is 5.69 Å². The van der Waals surface area contributed by atoms with E-state index in [0.29, 0.717) is 0 Å². The van der Waals surface area contributed by atoms with Crippen LogP contribution in [-0.2, 0) is 0 Å². The highest BCUT2D eigenvalue weighted by molar-refractivity contribution is 5.88. The molecule has 0 atom stereocenters. The summed E-state index contributed by atoms with van der Waals surface area (Å²) in [5.74, 6) is 0.281. The summed E-state index contributed by atoms with van der Waals surface area (Å²) in [5.41, 5.74) is 10.8. The second-order valence-electron chi connectivity index (χ2n) is 6.10. The van der Waals surface area contributed by atoms with Gasteiger partial charge < -0.3 is 5.73 Å². The summed E-state index contributed by atoms with van der Waals surface area (Å²) in [4.78, 5) is 4.44. The minimum Gasteiger partial charge on any atom is -0.365 e. The molecule has 4 aromatic carbocycles. The summed E-state index contributed by atoms with van der Waals surface area (Å²) in [6.45, 7) is 4.01. The molecule has 3 N–H and O–H groups in total. The normalized spacial score (nSPS) is 11.6. The molecule has 4 nitrogen and oxygen atoms in total. The monoisotopic (exact) mass is 339 g/mol. The zero-order chi connectivity index (χ0) is 17.9. The minimum absolute atomic E-state index is 0.281. The Balaban J connectivity index is 1.56. The van der Waals surface area contributed by atoms with Crippen molar-refractivity contribution < 1.29 is 4.68 Å². The van der Waals surface area contributed by atoms with Crippen molar-refractivity contribution in [2.45, 2.75) is 0 Å². The molecule has 126 valence electrons. The van der Waals surface area contributed by atoms with Crippen LogP contribution >= 0.6 is 0 Å². The highest BCUT2D eigenvalue weighted by atomic mass is 15.5. The van der Waals surface area contributed by atoms with Crippen molar-refractivity contribution >= 4 is 45.6 Å². The Morgan fingerprint density at radius 3 is 2.04 bits per heavy atom. The van der Waals surface area contributed by atoms with Crippen LogP contribution in [0.15, 0.2) is 89.9 Å². The SMILES string of the molecule is C=[N+](NC(N)=Nc1ccc2ccccc2c1)c1ccc2ccccc2c1. The average Bonchev–Trinajstić information content (AvgIpc) is 2.67. The van der Waals surface area contributed by atoms with Crippen LogP contribution in [0.1, 0.15) is 0 Å². The van der Waals surface area contributed by atoms with E-state index in [4.69, 9.17) is 5.73 Å². The third-order valence-electron chi connectivity index (χ3n) is 4.28. The zero-order valence-electron chi connectivity index (χ0n) is 14.3. The Labute approximate surface area is 151 Å². The summed E-state index contributed by atoms with van der Waals surface area (Å²) in [6.07, 6.45) is 0. The summed E-state index contributed by atoms with van der Waals surface area (Å²) < 4.78 is 1.62. The van der Waals surface area contributed by atoms with Crippen molar-refractivity contribution in [2.24, 2.45) is 10.7 Å². The molecule has 0 unspecified atom stereocenters. The summed E-state index contributed by atoms with van der Waals surface area (Å²) >= 11 is 0. The third-order valence-corrected chi connectivity index (χ3v) is 4.28. The number of hydrazone groups is 1. The number of nitrogens with two attached hydrogens (primary N) is 1. The van der Waals surface area contributed by atoms with E-state index in [9.17, 15) is 0 Å². The number of nitrogens with zero attached hydrogens (tertiary/aromatic N) is 2. The van der Waals surface area contributed by atoms with Gasteiger partial charge in [0.25, 0.3) is 5.96 Å². The molecule has 0 saturated carbocycles. The van der Waals surface area contributed by atoms with E-state index in [2.05, 4.69) is 53.5 Å². The molecular weight excluding hydrogens is 320 g/mol. The van der Waals surface area contributed by atoms with Gasteiger partial charge in [-0.3, -0.25) is 0 Å². The summed E-state index contributed by atoms with van der Waals surface area (Å²) in [7, 11) is 0. The van der Waals surface area contributed by atoms with Crippen molar-refractivity contribution in [2.75, 3.05) is 0 Å². The largest absolute Gasteiger partial charge is 0.365 e. The summed E-state index contributed by atoms with van der Waals surface area (Å²) in [6, 6.07) is 28.4. The Hall–Kier alpha value is -3.66. The molecule has 0 heterocycles. The fourth-order valence-corrected chi connectivity index (χ4v) is 2.96. The maximum atomic E-state index is 6.06. The number of rotatable bonds is 3. The Bertz CT molecular complexity index is 1140. The molecule has 0 radical (unpaired) electrons. The highest BCUT2D eigenvalue weighted by Gasteiger charge is 2.09. The van der Waals surface area contributed by atoms with Crippen LogP contribution in [0.2, 0.25) is 0 Å². The maximum Gasteiger partial charge on any atom is 0.251 e. The number of aliphatic imine (C=N–C) groups is 1. The second kappa shape index (κ2) is 6.69. The molecule has 0 aliphatic rings. The molecule has 0 saturated heterocycles. The zero-order valence-corrected chi connectivity index (χ0v) is 14.3. The lowest BCUT2D eigenvalue weighted by atomic mass is 10.1. The van der Waals surface area contributed by atoms with E-state index < -0.39 is 0 Å². The standard InChI is InChI=1S/C22H19N4/c1-26(21-13-11-17-7-3-5-9-19(17)15-21)25-22(23)24-20-12-10-16-6-2-4-8-18(16)14-20/h2-15H,1H2,(H3,23,24,25)/q+1. The van der Waals surface area contributed by atoms with Gasteiger partial charge in [-0.25, -0.2) is 4.99 Å². The van der Waals surface area contributed by atoms with Gasteiger partial charge in [-0.1, -0.05) is 59.3 Å². The van der Waals surface area contributed by atoms with Crippen LogP contribution in [0.5, 0.6) is 0 Å². The molecule has 0 amide bonds. The van der Waals surface area contributed by atoms with Crippen LogP contribution < -0.4 is 11.2 Å². The van der Waals surface area contributed by atoms with Crippen LogP contribution in [0.25, 0.3) is 21.5 Å². The predicted molar refractivity (Wildman–Crippen MR) is 109 cm³/mol. The van der Waals surface area contributed by atoms with Gasteiger partial charge in [-0.15, -0.1) is 5.43 Å². The van der Waals surface area contributed by atoms with Crippen molar-refractivity contribution in [1.29, 1.82) is 0 Å². The lowest BCUT2D eigenvalue weighted by Gasteiger charge is -2.05. The fraction of sp³-hybridized carbons (Fsp3) is 0. The van der Waals surface area contributed by atoms with Gasteiger partial charge in [0.2, 0.25) is 5.69 Å². The maximum absolute atomic E-state index is 6.06. The van der Waals surface area contributed by atoms with E-state index in [1.807, 2.05) is 48.5 Å². The molecule has 0 bridgehead atoms. The fourth-order valence-electron chi connectivity index (χ4n) is 2.96. The van der Waals surface area contributed by atoms with E-state index in [1.54, 1.807) is 4.68 Å². The summed E-state index contributed by atoms with van der Waals surface area (Å²) in [5, 5.41) is 4.63. The van der Waals surface area contributed by atoms with Crippen molar-refractivity contribution in [1.82, 2.24) is 5.43 Å². The van der Waals surface area contributed by atoms with Crippen molar-refractivity contribution in [3.63, 3.8) is 0 Å². The average molecular weight is 339 g/mol. The molecule has 0 aliphatic carbocycles. The van der Waals surface area contributed by atoms with Gasteiger partial charge >= 0.3 is 0 Å². The van der Waals surface area contributed by atoms with E-state index in [0.717, 1.165) is 22.1 Å². The number of guanidine groups is 1. The minimum atomic E-state index is 0.281. The van der Waals surface area contributed by atoms with Gasteiger partial charge in [0, 0.05) is 12.1 Å². The number of fused-ring (bicyclic) bond motifs is 2. The van der Waals surface area contributed by atoms with E-state index in [-0.39, 0.29) is 5.96 Å². The van der Waals surface area contributed by atoms with Gasteiger partial charge in [0.15, 0.2) is 6.72 Å². The smallest absolute Gasteiger partial charge is 0.251 e. The quantitative estimate of drug-likeness (QED) is 0.250. The first-order valence-corrected chi connectivity index (χ1v) is 8.38. The first-order valence-electron chi connectivity index (χ1n) is 8.38. The van der Waals surface area contributed by atoms with Gasteiger partial charge in [-0.05, 0) is 39.7 Å². The Kier molecular flexibility index (Phi) is 4.07. The number of hydrazine groups is 1. The van der Waals surface area contributed by atoms with Crippen LogP contribution in [0.4, 0.5) is 11.4 Å². The molecular formula is C22H19N4+. The Morgan fingerprint density at radius 2 is 1.35 bits per heavy atom.